The summed E-state index contributed by atoms with van der Waals surface area (Å²) in [6.45, 7) is 0. The Morgan fingerprint density at radius 1 is 1.04 bits per heavy atom. The molecule has 1 N–H and O–H groups in total. The number of hydrogen-bond acceptors (Lipinski definition) is 4. The van der Waals surface area contributed by atoms with Crippen LogP contribution in [0.1, 0.15) is 5.69 Å². The zero-order chi connectivity index (χ0) is 17.6. The van der Waals surface area contributed by atoms with Crippen LogP contribution in [0, 0.1) is 0 Å². The minimum Gasteiger partial charge on any atom is -0.497 e. The number of methoxy groups -OCH3 is 2. The fraction of sp³-hybridized carbons (Fsp3) is 0.100. The monoisotopic (exact) mass is 334 g/mol. The molecule has 0 saturated heterocycles. The Balaban J connectivity index is 1.74. The van der Waals surface area contributed by atoms with Gasteiger partial charge in [-0.25, -0.2) is 4.98 Å². The molecule has 0 unspecified atom stereocenters. The van der Waals surface area contributed by atoms with E-state index in [-0.39, 0.29) is 5.91 Å². The lowest BCUT2D eigenvalue weighted by Crippen LogP contribution is -2.09. The maximum atomic E-state index is 12.2. The van der Waals surface area contributed by atoms with Gasteiger partial charge in [-0.1, -0.05) is 24.3 Å². The van der Waals surface area contributed by atoms with Crippen molar-refractivity contribution in [3.05, 3.63) is 66.4 Å². The van der Waals surface area contributed by atoms with Crippen LogP contribution in [0.3, 0.4) is 0 Å². The van der Waals surface area contributed by atoms with Crippen molar-refractivity contribution in [3.8, 4) is 11.5 Å². The van der Waals surface area contributed by atoms with Gasteiger partial charge in [-0.05, 0) is 30.3 Å². The molecule has 0 saturated carbocycles. The number of carbonyl (C=O) groups excluding carboxylic acids is 1. The summed E-state index contributed by atoms with van der Waals surface area (Å²) in [5.74, 6) is 0.925. The van der Waals surface area contributed by atoms with Crippen molar-refractivity contribution in [2.45, 2.75) is 0 Å². The van der Waals surface area contributed by atoms with Gasteiger partial charge in [-0.2, -0.15) is 0 Å². The molecule has 25 heavy (non-hydrogen) atoms. The lowest BCUT2D eigenvalue weighted by atomic mass is 10.2. The van der Waals surface area contributed by atoms with Crippen molar-refractivity contribution in [1.82, 2.24) is 4.98 Å². The highest BCUT2D eigenvalue weighted by atomic mass is 16.5. The zero-order valence-electron chi connectivity index (χ0n) is 14.0. The second kappa shape index (κ2) is 7.49. The highest BCUT2D eigenvalue weighted by Crippen LogP contribution is 2.29. The number of pyridine rings is 1. The highest BCUT2D eigenvalue weighted by molar-refractivity contribution is 6.02. The van der Waals surface area contributed by atoms with Crippen molar-refractivity contribution >= 4 is 28.6 Å². The molecule has 1 amide bonds. The van der Waals surface area contributed by atoms with E-state index in [1.807, 2.05) is 36.4 Å². The summed E-state index contributed by atoms with van der Waals surface area (Å²) < 4.78 is 10.4. The summed E-state index contributed by atoms with van der Waals surface area (Å²) in [4.78, 5) is 16.7. The van der Waals surface area contributed by atoms with Gasteiger partial charge in [0.15, 0.2) is 0 Å². The third kappa shape index (κ3) is 3.95. The minimum absolute atomic E-state index is 0.265. The first-order chi connectivity index (χ1) is 12.2. The zero-order valence-corrected chi connectivity index (χ0v) is 14.0. The number of amides is 1. The highest BCUT2D eigenvalue weighted by Gasteiger charge is 2.07. The average Bonchev–Trinajstić information content (AvgIpc) is 2.66. The van der Waals surface area contributed by atoms with E-state index in [2.05, 4.69) is 10.3 Å². The summed E-state index contributed by atoms with van der Waals surface area (Å²) in [6.07, 6.45) is 3.12. The molecule has 0 atom stereocenters. The minimum atomic E-state index is -0.265. The Morgan fingerprint density at radius 3 is 2.68 bits per heavy atom. The number of nitrogens with zero attached hydrogens (tertiary/aromatic N) is 1. The fourth-order valence-electron chi connectivity index (χ4n) is 2.41. The van der Waals surface area contributed by atoms with Crippen molar-refractivity contribution in [1.29, 1.82) is 0 Å². The van der Waals surface area contributed by atoms with Crippen LogP contribution in [0.5, 0.6) is 11.5 Å². The van der Waals surface area contributed by atoms with Gasteiger partial charge in [0.05, 0.1) is 31.1 Å². The Labute approximate surface area is 145 Å². The molecule has 0 radical (unpaired) electrons. The number of aromatic nitrogens is 1. The number of para-hydroxylation sites is 1. The molecule has 1 heterocycles. The van der Waals surface area contributed by atoms with E-state index in [0.29, 0.717) is 17.2 Å². The van der Waals surface area contributed by atoms with Crippen molar-refractivity contribution in [3.63, 3.8) is 0 Å². The molecule has 0 aliphatic heterocycles. The Morgan fingerprint density at radius 2 is 1.88 bits per heavy atom. The largest absolute Gasteiger partial charge is 0.497 e. The predicted octanol–water partition coefficient (Wildman–Crippen LogP) is 3.90. The smallest absolute Gasteiger partial charge is 0.248 e. The third-order valence-electron chi connectivity index (χ3n) is 3.69. The van der Waals surface area contributed by atoms with E-state index in [9.17, 15) is 4.79 Å². The molecule has 2 aromatic carbocycles. The molecule has 3 rings (SSSR count). The van der Waals surface area contributed by atoms with E-state index in [1.54, 1.807) is 38.5 Å². The molecule has 1 aromatic heterocycles. The molecule has 0 bridgehead atoms. The molecule has 5 heteroatoms. The lowest BCUT2D eigenvalue weighted by molar-refractivity contribution is -0.111. The number of rotatable bonds is 5. The number of anilines is 1. The number of ether oxygens (including phenoxy) is 2. The molecular weight excluding hydrogens is 316 g/mol. The Kier molecular flexibility index (Phi) is 4.95. The van der Waals surface area contributed by atoms with Crippen molar-refractivity contribution in [2.24, 2.45) is 0 Å². The van der Waals surface area contributed by atoms with Gasteiger partial charge < -0.3 is 14.8 Å². The quantitative estimate of drug-likeness (QED) is 0.719. The summed E-state index contributed by atoms with van der Waals surface area (Å²) in [6, 6.07) is 16.9. The van der Waals surface area contributed by atoms with Crippen LogP contribution >= 0.6 is 0 Å². The molecule has 0 aliphatic carbocycles. The normalized spacial score (nSPS) is 10.8. The summed E-state index contributed by atoms with van der Waals surface area (Å²) in [5.41, 5.74) is 2.18. The number of carbonyl (C=O) groups is 1. The number of fused-ring (bicyclic) bond motifs is 1. The molecule has 5 nitrogen and oxygen atoms in total. The van der Waals surface area contributed by atoms with Gasteiger partial charge in [0.25, 0.3) is 0 Å². The molecule has 3 aromatic rings. The lowest BCUT2D eigenvalue weighted by Gasteiger charge is -2.10. The van der Waals surface area contributed by atoms with Crippen LogP contribution in [0.2, 0.25) is 0 Å². The first-order valence-corrected chi connectivity index (χ1v) is 7.76. The van der Waals surface area contributed by atoms with Gasteiger partial charge in [0, 0.05) is 17.5 Å². The van der Waals surface area contributed by atoms with Gasteiger partial charge in [-0.15, -0.1) is 0 Å². The summed E-state index contributed by atoms with van der Waals surface area (Å²) in [5, 5.41) is 3.85. The predicted molar refractivity (Wildman–Crippen MR) is 99.0 cm³/mol. The topological polar surface area (TPSA) is 60.5 Å². The van der Waals surface area contributed by atoms with E-state index in [4.69, 9.17) is 9.47 Å². The van der Waals surface area contributed by atoms with Crippen molar-refractivity contribution < 1.29 is 14.3 Å². The van der Waals surface area contributed by atoms with Crippen LogP contribution < -0.4 is 14.8 Å². The second-order valence-corrected chi connectivity index (χ2v) is 5.32. The molecule has 0 aliphatic rings. The van der Waals surface area contributed by atoms with E-state index >= 15 is 0 Å². The van der Waals surface area contributed by atoms with Crippen molar-refractivity contribution in [2.75, 3.05) is 19.5 Å². The third-order valence-corrected chi connectivity index (χ3v) is 3.69. The maximum Gasteiger partial charge on any atom is 0.248 e. The molecule has 0 fully saturated rings. The first kappa shape index (κ1) is 16.5. The van der Waals surface area contributed by atoms with Crippen LogP contribution in [-0.4, -0.2) is 25.1 Å². The van der Waals surface area contributed by atoms with Gasteiger partial charge in [-0.3, -0.25) is 4.79 Å². The van der Waals surface area contributed by atoms with E-state index in [0.717, 1.165) is 16.6 Å². The van der Waals surface area contributed by atoms with Gasteiger partial charge in [0.2, 0.25) is 5.91 Å². The second-order valence-electron chi connectivity index (χ2n) is 5.32. The summed E-state index contributed by atoms with van der Waals surface area (Å²) in [7, 11) is 3.12. The maximum absolute atomic E-state index is 12.2. The average molecular weight is 334 g/mol. The van der Waals surface area contributed by atoms with Crippen LogP contribution in [0.25, 0.3) is 17.0 Å². The number of hydrogen-bond donors (Lipinski definition) is 1. The van der Waals surface area contributed by atoms with Crippen LogP contribution in [0.4, 0.5) is 5.69 Å². The Hall–Kier alpha value is -3.34. The van der Waals surface area contributed by atoms with Crippen LogP contribution in [-0.2, 0) is 4.79 Å². The first-order valence-electron chi connectivity index (χ1n) is 7.76. The number of nitrogens with one attached hydrogen (secondary N) is 1. The number of benzene rings is 2. The van der Waals surface area contributed by atoms with Crippen LogP contribution in [0.15, 0.2) is 60.7 Å². The standard InChI is InChI=1S/C20H18N2O3/c1-24-16-10-11-18(19(13-16)25-2)22-20(23)12-9-15-8-7-14-5-3-4-6-17(14)21-15/h3-13H,1-2H3,(H,22,23)/b12-9+. The van der Waals surface area contributed by atoms with Gasteiger partial charge in [0.1, 0.15) is 11.5 Å². The summed E-state index contributed by atoms with van der Waals surface area (Å²) >= 11 is 0. The van der Waals surface area contributed by atoms with E-state index < -0.39 is 0 Å². The molecular formula is C20H18N2O3. The Bertz CT molecular complexity index is 935. The molecule has 0 spiro atoms. The van der Waals surface area contributed by atoms with Gasteiger partial charge >= 0.3 is 0 Å². The molecule has 126 valence electrons. The van der Waals surface area contributed by atoms with E-state index in [1.165, 1.54) is 6.08 Å². The fourth-order valence-corrected chi connectivity index (χ4v) is 2.41. The SMILES string of the molecule is COc1ccc(NC(=O)/C=C/c2ccc3ccccc3n2)c(OC)c1.